The summed E-state index contributed by atoms with van der Waals surface area (Å²) in [6.07, 6.45) is 0. The van der Waals surface area contributed by atoms with Crippen LogP contribution in [0.2, 0.25) is 0 Å². The van der Waals surface area contributed by atoms with Gasteiger partial charge in [-0.1, -0.05) is 30.3 Å². The van der Waals surface area contributed by atoms with Crippen LogP contribution in [0.25, 0.3) is 0 Å². The smallest absolute Gasteiger partial charge is 0.294 e. The van der Waals surface area contributed by atoms with Crippen molar-refractivity contribution in [3.8, 4) is 0 Å². The zero-order chi connectivity index (χ0) is 30.3. The molecule has 3 aromatic rings. The van der Waals surface area contributed by atoms with E-state index in [0.29, 0.717) is 24.6 Å². The van der Waals surface area contributed by atoms with E-state index in [1.54, 1.807) is 12.1 Å². The van der Waals surface area contributed by atoms with Gasteiger partial charge < -0.3 is 19.8 Å². The molecular weight excluding hydrogens is 572 g/mol. The number of benzene rings is 3. The summed E-state index contributed by atoms with van der Waals surface area (Å²) in [6.45, 7) is 4.67. The Bertz CT molecular complexity index is 1380. The molecule has 0 saturated heterocycles. The van der Waals surface area contributed by atoms with Crippen LogP contribution in [0.5, 0.6) is 0 Å². The van der Waals surface area contributed by atoms with E-state index < -0.39 is 32.2 Å². The number of carbonyl (C=O) groups is 2. The molecule has 0 fully saturated rings. The average Bonchev–Trinajstić information content (AvgIpc) is 2.91. The highest BCUT2D eigenvalue weighted by atomic mass is 32.2. The molecule has 218 valence electrons. The highest BCUT2D eigenvalue weighted by Crippen LogP contribution is 2.12. The maximum atomic E-state index is 10.8. The van der Waals surface area contributed by atoms with Gasteiger partial charge in [-0.2, -0.15) is 27.8 Å². The Labute approximate surface area is 230 Å². The van der Waals surface area contributed by atoms with E-state index >= 15 is 0 Å². The average molecular weight is 601 g/mol. The highest BCUT2D eigenvalue weighted by molar-refractivity contribution is 7.86. The van der Waals surface area contributed by atoms with Gasteiger partial charge in [0.2, 0.25) is 0 Å². The van der Waals surface area contributed by atoms with Crippen molar-refractivity contribution in [3.63, 3.8) is 0 Å². The molecule has 0 spiro atoms. The fourth-order valence-electron chi connectivity index (χ4n) is 2.63. The first-order valence-corrected chi connectivity index (χ1v) is 14.1. The molecule has 0 aromatic heterocycles. The third-order valence-corrected chi connectivity index (χ3v) is 6.12. The molecule has 0 heterocycles. The molecule has 40 heavy (non-hydrogen) atoms. The van der Waals surface area contributed by atoms with E-state index in [4.69, 9.17) is 18.8 Å². The van der Waals surface area contributed by atoms with Crippen molar-refractivity contribution in [2.75, 3.05) is 13.2 Å². The van der Waals surface area contributed by atoms with Crippen LogP contribution >= 0.6 is 0 Å². The first kappa shape index (κ1) is 34.3. The third kappa shape index (κ3) is 12.9. The lowest BCUT2D eigenvalue weighted by molar-refractivity contribution is -0.837. The van der Waals surface area contributed by atoms with Crippen LogP contribution in [-0.4, -0.2) is 51.1 Å². The number of quaternary nitrogens is 2. The Morgan fingerprint density at radius 2 is 1.02 bits per heavy atom. The Balaban J connectivity index is 0.000000301. The van der Waals surface area contributed by atoms with Crippen molar-refractivity contribution in [1.29, 1.82) is 0 Å². The van der Waals surface area contributed by atoms with Gasteiger partial charge in [-0.3, -0.25) is 9.11 Å². The molecule has 0 aliphatic carbocycles. The van der Waals surface area contributed by atoms with Gasteiger partial charge in [0.15, 0.2) is 11.4 Å². The van der Waals surface area contributed by atoms with E-state index in [-0.39, 0.29) is 20.9 Å². The molecule has 0 amide bonds. The van der Waals surface area contributed by atoms with Gasteiger partial charge in [-0.05, 0) is 43.2 Å². The Hall–Kier alpha value is -3.74. The zero-order valence-corrected chi connectivity index (χ0v) is 22.9. The number of rotatable bonds is 10. The number of carbonyl (C=O) groups excluding carboxylic acids is 2. The molecule has 0 bridgehead atoms. The van der Waals surface area contributed by atoms with E-state index in [1.165, 1.54) is 65.6 Å². The maximum Gasteiger partial charge on any atom is 0.294 e. The van der Waals surface area contributed by atoms with Crippen LogP contribution in [0.15, 0.2) is 82.6 Å². The number of carboxylic acid groups (broad SMARTS) is 2. The van der Waals surface area contributed by atoms with Crippen molar-refractivity contribution in [2.45, 2.75) is 23.6 Å². The second kappa shape index (κ2) is 16.4. The Morgan fingerprint density at radius 1 is 0.675 bits per heavy atom. The molecule has 6 N–H and O–H groups in total. The van der Waals surface area contributed by atoms with Crippen LogP contribution in [0.3, 0.4) is 0 Å². The summed E-state index contributed by atoms with van der Waals surface area (Å²) in [5, 5.41) is 20.5. The van der Waals surface area contributed by atoms with E-state index in [0.717, 1.165) is 6.07 Å². The minimum absolute atomic E-state index is 0.133. The molecule has 0 unspecified atom stereocenters. The molecule has 0 saturated carbocycles. The maximum absolute atomic E-state index is 10.8. The number of hydrogen-bond donors (Lipinski definition) is 4. The number of aromatic carboxylic acids is 2. The number of nitrogens with two attached hydrogens (primary N) is 2. The molecule has 3 aromatic carbocycles. The largest absolute Gasteiger partial charge is 0.545 e. The van der Waals surface area contributed by atoms with Gasteiger partial charge in [0.1, 0.15) is 13.2 Å². The molecule has 14 nitrogen and oxygen atoms in total. The summed E-state index contributed by atoms with van der Waals surface area (Å²) >= 11 is 0. The van der Waals surface area contributed by atoms with E-state index in [1.807, 2.05) is 13.8 Å². The zero-order valence-electron chi connectivity index (χ0n) is 21.3. The lowest BCUT2D eigenvalue weighted by atomic mass is 10.1. The van der Waals surface area contributed by atoms with Gasteiger partial charge in [0.05, 0.1) is 21.7 Å². The number of hydrogen-bond acceptors (Lipinski definition) is 10. The molecule has 0 atom stereocenters. The van der Waals surface area contributed by atoms with Gasteiger partial charge in [0, 0.05) is 24.3 Å². The SMILES string of the molecule is CCO[NH2+]c1cccc(S(=O)(=O)O)c1.CCO[NH2+]c1cccc(S(=O)(=O)O)c1.O=C([O-])c1cccc(C(=O)[O-])c1. The van der Waals surface area contributed by atoms with Crippen molar-refractivity contribution < 1.29 is 66.4 Å². The van der Waals surface area contributed by atoms with Gasteiger partial charge >= 0.3 is 0 Å². The molecule has 3 rings (SSSR count). The topological polar surface area (TPSA) is 241 Å². The second-order valence-corrected chi connectivity index (χ2v) is 10.2. The van der Waals surface area contributed by atoms with Gasteiger partial charge in [-0.15, -0.1) is 0 Å². The van der Waals surface area contributed by atoms with Crippen LogP contribution in [0, 0.1) is 0 Å². The summed E-state index contributed by atoms with van der Waals surface area (Å²) in [7, 11) is -8.25. The van der Waals surface area contributed by atoms with Crippen molar-refractivity contribution in [2.24, 2.45) is 0 Å². The quantitative estimate of drug-likeness (QED) is 0.119. The standard InChI is InChI=1S/2C8H11NO4S.C8H6O4/c2*1-2-13-9-7-4-3-5-8(6-7)14(10,11)12;9-7(10)5-2-1-3-6(4-5)8(11)12/h2*3-6,9H,2H2,1H3,(H,10,11,12);1-4H,(H,9,10)(H,11,12). The van der Waals surface area contributed by atoms with Gasteiger partial charge in [-0.25, -0.2) is 9.68 Å². The summed E-state index contributed by atoms with van der Waals surface area (Å²) in [4.78, 5) is 30.2. The lowest BCUT2D eigenvalue weighted by Crippen LogP contribution is -2.76. The predicted molar refractivity (Wildman–Crippen MR) is 134 cm³/mol. The Morgan fingerprint density at radius 3 is 1.32 bits per heavy atom. The summed E-state index contributed by atoms with van der Waals surface area (Å²) in [6, 6.07) is 16.6. The fourth-order valence-corrected chi connectivity index (χ4v) is 3.70. The van der Waals surface area contributed by atoms with Crippen LogP contribution < -0.4 is 21.2 Å². The summed E-state index contributed by atoms with van der Waals surface area (Å²) in [5.74, 6) is -2.81. The molecule has 16 heteroatoms. The minimum atomic E-state index is -4.13. The predicted octanol–water partition coefficient (Wildman–Crippen LogP) is -1.43. The highest BCUT2D eigenvalue weighted by Gasteiger charge is 2.12. The molecular formula is C24H28N2O12S2. The fraction of sp³-hybridized carbons (Fsp3) is 0.167. The first-order chi connectivity index (χ1) is 18.7. The van der Waals surface area contributed by atoms with Crippen molar-refractivity contribution in [3.05, 3.63) is 83.9 Å². The summed E-state index contributed by atoms with van der Waals surface area (Å²) < 4.78 is 60.6. The Kier molecular flexibility index (Phi) is 14.0. The molecule has 0 aliphatic heterocycles. The second-order valence-electron chi connectivity index (χ2n) is 7.40. The summed E-state index contributed by atoms with van der Waals surface area (Å²) in [5.41, 5.74) is 3.74. The van der Waals surface area contributed by atoms with Crippen molar-refractivity contribution in [1.82, 2.24) is 0 Å². The van der Waals surface area contributed by atoms with E-state index in [2.05, 4.69) is 0 Å². The van der Waals surface area contributed by atoms with Crippen LogP contribution in [0.1, 0.15) is 34.6 Å². The minimum Gasteiger partial charge on any atom is -0.545 e. The van der Waals surface area contributed by atoms with Crippen LogP contribution in [-0.2, 0) is 29.9 Å². The monoisotopic (exact) mass is 600 g/mol. The molecule has 0 aliphatic rings. The number of carboxylic acids is 2. The van der Waals surface area contributed by atoms with Gasteiger partial charge in [0.25, 0.3) is 20.2 Å². The van der Waals surface area contributed by atoms with Crippen molar-refractivity contribution >= 4 is 43.5 Å². The van der Waals surface area contributed by atoms with Crippen LogP contribution in [0.4, 0.5) is 11.4 Å². The normalized spacial score (nSPS) is 10.9. The first-order valence-electron chi connectivity index (χ1n) is 11.3. The van der Waals surface area contributed by atoms with E-state index in [9.17, 15) is 36.6 Å². The third-order valence-electron chi connectivity index (χ3n) is 4.42. The lowest BCUT2D eigenvalue weighted by Gasteiger charge is -2.05. The molecule has 0 radical (unpaired) electrons.